The molecular formula is C18H37N. The summed E-state index contributed by atoms with van der Waals surface area (Å²) in [6, 6.07) is 0.823. The van der Waals surface area contributed by atoms with Crippen molar-refractivity contribution in [2.45, 2.75) is 97.4 Å². The summed E-state index contributed by atoms with van der Waals surface area (Å²) < 4.78 is 0. The van der Waals surface area contributed by atoms with Crippen molar-refractivity contribution in [1.82, 2.24) is 5.32 Å². The lowest BCUT2D eigenvalue weighted by atomic mass is 9.75. The Hall–Kier alpha value is -0.0400. The Labute approximate surface area is 121 Å². The van der Waals surface area contributed by atoms with E-state index in [1.165, 1.54) is 70.6 Å². The van der Waals surface area contributed by atoms with Crippen LogP contribution in [0.2, 0.25) is 0 Å². The van der Waals surface area contributed by atoms with Crippen molar-refractivity contribution in [2.75, 3.05) is 6.54 Å². The van der Waals surface area contributed by atoms with Gasteiger partial charge in [0, 0.05) is 6.04 Å². The van der Waals surface area contributed by atoms with Crippen LogP contribution >= 0.6 is 0 Å². The second-order valence-corrected chi connectivity index (χ2v) is 6.57. The molecule has 3 unspecified atom stereocenters. The van der Waals surface area contributed by atoms with Gasteiger partial charge in [-0.2, -0.15) is 0 Å². The van der Waals surface area contributed by atoms with Gasteiger partial charge >= 0.3 is 0 Å². The fourth-order valence-electron chi connectivity index (χ4n) is 3.77. The lowest BCUT2D eigenvalue weighted by molar-refractivity contribution is 0.188. The number of rotatable bonds is 10. The SMILES string of the molecule is CCCCCCCCC1CC(CC)CCC1NCC. The van der Waals surface area contributed by atoms with Gasteiger partial charge in [-0.05, 0) is 44.1 Å². The van der Waals surface area contributed by atoms with Gasteiger partial charge in [0.2, 0.25) is 0 Å². The molecule has 0 amide bonds. The number of hydrogen-bond donors (Lipinski definition) is 1. The lowest BCUT2D eigenvalue weighted by Crippen LogP contribution is -2.40. The first-order valence-electron chi connectivity index (χ1n) is 9.05. The zero-order valence-electron chi connectivity index (χ0n) is 13.7. The van der Waals surface area contributed by atoms with Gasteiger partial charge in [0.15, 0.2) is 0 Å². The van der Waals surface area contributed by atoms with E-state index in [1.54, 1.807) is 0 Å². The van der Waals surface area contributed by atoms with Gasteiger partial charge < -0.3 is 5.32 Å². The molecule has 0 aromatic rings. The van der Waals surface area contributed by atoms with Crippen LogP contribution in [0.1, 0.15) is 91.4 Å². The lowest BCUT2D eigenvalue weighted by Gasteiger charge is -2.36. The van der Waals surface area contributed by atoms with Gasteiger partial charge in [0.25, 0.3) is 0 Å². The van der Waals surface area contributed by atoms with Crippen LogP contribution in [0.4, 0.5) is 0 Å². The number of hydrogen-bond acceptors (Lipinski definition) is 1. The molecule has 0 bridgehead atoms. The first-order valence-corrected chi connectivity index (χ1v) is 9.05. The monoisotopic (exact) mass is 267 g/mol. The predicted octanol–water partition coefficient (Wildman–Crippen LogP) is 5.54. The molecule has 1 aliphatic carbocycles. The van der Waals surface area contributed by atoms with Gasteiger partial charge in [-0.1, -0.05) is 65.7 Å². The Morgan fingerprint density at radius 1 is 0.895 bits per heavy atom. The molecule has 0 heterocycles. The number of nitrogens with one attached hydrogen (secondary N) is 1. The van der Waals surface area contributed by atoms with E-state index in [1.807, 2.05) is 0 Å². The second-order valence-electron chi connectivity index (χ2n) is 6.57. The van der Waals surface area contributed by atoms with Gasteiger partial charge in [-0.15, -0.1) is 0 Å². The molecule has 1 fully saturated rings. The summed E-state index contributed by atoms with van der Waals surface area (Å²) in [6.07, 6.45) is 15.9. The molecule has 1 aliphatic rings. The quantitative estimate of drug-likeness (QED) is 0.512. The zero-order valence-corrected chi connectivity index (χ0v) is 13.7. The van der Waals surface area contributed by atoms with E-state index in [0.29, 0.717) is 0 Å². The molecule has 114 valence electrons. The first-order chi connectivity index (χ1) is 9.31. The summed E-state index contributed by atoms with van der Waals surface area (Å²) in [5, 5.41) is 3.74. The van der Waals surface area contributed by atoms with Crippen molar-refractivity contribution in [3.8, 4) is 0 Å². The van der Waals surface area contributed by atoms with Crippen molar-refractivity contribution in [3.63, 3.8) is 0 Å². The van der Waals surface area contributed by atoms with E-state index >= 15 is 0 Å². The third-order valence-electron chi connectivity index (χ3n) is 5.06. The Bertz CT molecular complexity index is 202. The molecule has 1 nitrogen and oxygen atoms in total. The van der Waals surface area contributed by atoms with Gasteiger partial charge in [0.05, 0.1) is 0 Å². The van der Waals surface area contributed by atoms with Crippen LogP contribution in [-0.4, -0.2) is 12.6 Å². The Morgan fingerprint density at radius 2 is 1.63 bits per heavy atom. The largest absolute Gasteiger partial charge is 0.314 e. The summed E-state index contributed by atoms with van der Waals surface area (Å²) in [5.74, 6) is 1.98. The Balaban J connectivity index is 2.21. The molecular weight excluding hydrogens is 230 g/mol. The molecule has 0 aliphatic heterocycles. The van der Waals surface area contributed by atoms with Crippen LogP contribution in [0.3, 0.4) is 0 Å². The van der Waals surface area contributed by atoms with Crippen molar-refractivity contribution in [1.29, 1.82) is 0 Å². The maximum Gasteiger partial charge on any atom is 0.00954 e. The van der Waals surface area contributed by atoms with Crippen LogP contribution in [0.25, 0.3) is 0 Å². The van der Waals surface area contributed by atoms with Gasteiger partial charge in [-0.25, -0.2) is 0 Å². The van der Waals surface area contributed by atoms with Crippen molar-refractivity contribution in [2.24, 2.45) is 11.8 Å². The highest BCUT2D eigenvalue weighted by molar-refractivity contribution is 4.84. The molecule has 1 rings (SSSR count). The minimum atomic E-state index is 0.823. The van der Waals surface area contributed by atoms with Gasteiger partial charge in [-0.3, -0.25) is 0 Å². The minimum absolute atomic E-state index is 0.823. The Morgan fingerprint density at radius 3 is 2.32 bits per heavy atom. The van der Waals surface area contributed by atoms with Crippen molar-refractivity contribution >= 4 is 0 Å². The molecule has 19 heavy (non-hydrogen) atoms. The molecule has 3 atom stereocenters. The van der Waals surface area contributed by atoms with E-state index < -0.39 is 0 Å². The van der Waals surface area contributed by atoms with Crippen LogP contribution in [0.5, 0.6) is 0 Å². The fraction of sp³-hybridized carbons (Fsp3) is 1.00. The predicted molar refractivity (Wildman–Crippen MR) is 86.6 cm³/mol. The van der Waals surface area contributed by atoms with E-state index in [2.05, 4.69) is 26.1 Å². The molecule has 1 N–H and O–H groups in total. The summed E-state index contributed by atoms with van der Waals surface area (Å²) in [6.45, 7) is 8.08. The minimum Gasteiger partial charge on any atom is -0.314 e. The summed E-state index contributed by atoms with van der Waals surface area (Å²) >= 11 is 0. The van der Waals surface area contributed by atoms with Crippen LogP contribution in [0.15, 0.2) is 0 Å². The van der Waals surface area contributed by atoms with Crippen LogP contribution < -0.4 is 5.32 Å². The third-order valence-corrected chi connectivity index (χ3v) is 5.06. The molecule has 1 saturated carbocycles. The average Bonchev–Trinajstić information content (AvgIpc) is 2.44. The van der Waals surface area contributed by atoms with Crippen molar-refractivity contribution in [3.05, 3.63) is 0 Å². The maximum absolute atomic E-state index is 3.74. The molecule has 0 aromatic carbocycles. The standard InChI is InChI=1S/C18H37N/c1-4-7-8-9-10-11-12-17-15-16(5-2)13-14-18(17)19-6-3/h16-19H,4-15H2,1-3H3. The smallest absolute Gasteiger partial charge is 0.00954 e. The van der Waals surface area contributed by atoms with Crippen molar-refractivity contribution < 1.29 is 0 Å². The summed E-state index contributed by atoms with van der Waals surface area (Å²) in [7, 11) is 0. The normalized spacial score (nSPS) is 27.6. The van der Waals surface area contributed by atoms with Crippen LogP contribution in [-0.2, 0) is 0 Å². The van der Waals surface area contributed by atoms with E-state index in [0.717, 1.165) is 24.4 Å². The third kappa shape index (κ3) is 6.79. The highest BCUT2D eigenvalue weighted by atomic mass is 14.9. The molecule has 0 radical (unpaired) electrons. The topological polar surface area (TPSA) is 12.0 Å². The molecule has 0 spiro atoms. The van der Waals surface area contributed by atoms with Gasteiger partial charge in [0.1, 0.15) is 0 Å². The second kappa shape index (κ2) is 10.7. The average molecular weight is 268 g/mol. The molecule has 0 saturated heterocycles. The zero-order chi connectivity index (χ0) is 13.9. The highest BCUT2D eigenvalue weighted by Crippen LogP contribution is 2.34. The van der Waals surface area contributed by atoms with E-state index in [-0.39, 0.29) is 0 Å². The number of unbranched alkanes of at least 4 members (excludes halogenated alkanes) is 5. The van der Waals surface area contributed by atoms with E-state index in [9.17, 15) is 0 Å². The van der Waals surface area contributed by atoms with E-state index in [4.69, 9.17) is 0 Å². The maximum atomic E-state index is 3.74. The Kier molecular flexibility index (Phi) is 9.59. The molecule has 1 heteroatoms. The highest BCUT2D eigenvalue weighted by Gasteiger charge is 2.28. The van der Waals surface area contributed by atoms with Crippen LogP contribution in [0, 0.1) is 11.8 Å². The summed E-state index contributed by atoms with van der Waals surface area (Å²) in [5.41, 5.74) is 0. The molecule has 0 aromatic heterocycles. The fourth-order valence-corrected chi connectivity index (χ4v) is 3.77. The first kappa shape index (κ1) is 17.0. The summed E-state index contributed by atoms with van der Waals surface area (Å²) in [4.78, 5) is 0.